The Morgan fingerprint density at radius 1 is 1.41 bits per heavy atom. The Hall–Kier alpha value is -0.810. The molecule has 0 aliphatic heterocycles. The maximum Gasteiger partial charge on any atom is 0.130 e. The van der Waals surface area contributed by atoms with E-state index >= 15 is 0 Å². The Morgan fingerprint density at radius 2 is 2.12 bits per heavy atom. The minimum absolute atomic E-state index is 0.180. The summed E-state index contributed by atoms with van der Waals surface area (Å²) in [6.07, 6.45) is 2.43. The molecule has 0 heterocycles. The van der Waals surface area contributed by atoms with Crippen molar-refractivity contribution in [3.8, 4) is 0 Å². The van der Waals surface area contributed by atoms with Crippen LogP contribution in [-0.2, 0) is 10.8 Å². The van der Waals surface area contributed by atoms with Gasteiger partial charge in [-0.1, -0.05) is 6.07 Å². The first kappa shape index (κ1) is 14.3. The zero-order chi connectivity index (χ0) is 12.8. The first-order chi connectivity index (χ1) is 8.00. The van der Waals surface area contributed by atoms with Crippen molar-refractivity contribution in [1.82, 2.24) is 5.32 Å². The van der Waals surface area contributed by atoms with E-state index in [4.69, 9.17) is 0 Å². The highest BCUT2D eigenvalue weighted by Gasteiger charge is 2.10. The molecule has 0 amide bonds. The average molecular weight is 261 g/mol. The van der Waals surface area contributed by atoms with Gasteiger partial charge in [-0.25, -0.2) is 8.78 Å². The standard InChI is InChI=1S/C12H17F2NOS/c1-9(15-6-3-7-17(2)16)11-5-4-10(13)8-12(11)14/h4-5,8-9,15H,3,6-7H2,1-2H3. The second kappa shape index (κ2) is 6.81. The highest BCUT2D eigenvalue weighted by Crippen LogP contribution is 2.17. The molecule has 0 aromatic heterocycles. The van der Waals surface area contributed by atoms with Gasteiger partial charge in [0.2, 0.25) is 0 Å². The van der Waals surface area contributed by atoms with Crippen molar-refractivity contribution < 1.29 is 13.0 Å². The van der Waals surface area contributed by atoms with Crippen LogP contribution in [0.2, 0.25) is 0 Å². The summed E-state index contributed by atoms with van der Waals surface area (Å²) in [5.41, 5.74) is 0.448. The van der Waals surface area contributed by atoms with E-state index < -0.39 is 22.4 Å². The molecule has 2 atom stereocenters. The fraction of sp³-hybridized carbons (Fsp3) is 0.500. The molecule has 1 aromatic rings. The molecule has 17 heavy (non-hydrogen) atoms. The van der Waals surface area contributed by atoms with Crippen molar-refractivity contribution in [2.75, 3.05) is 18.6 Å². The lowest BCUT2D eigenvalue weighted by Gasteiger charge is -2.14. The van der Waals surface area contributed by atoms with E-state index in [9.17, 15) is 13.0 Å². The van der Waals surface area contributed by atoms with Crippen molar-refractivity contribution in [2.24, 2.45) is 0 Å². The van der Waals surface area contributed by atoms with E-state index in [1.54, 1.807) is 6.26 Å². The molecule has 0 bridgehead atoms. The Kier molecular flexibility index (Phi) is 5.71. The van der Waals surface area contributed by atoms with Gasteiger partial charge in [0.25, 0.3) is 0 Å². The number of halogens is 2. The molecular formula is C12H17F2NOS. The molecule has 0 radical (unpaired) electrons. The Morgan fingerprint density at radius 3 is 2.71 bits per heavy atom. The molecule has 0 aliphatic rings. The summed E-state index contributed by atoms with van der Waals surface area (Å²) >= 11 is 0. The Bertz CT molecular complexity index is 398. The van der Waals surface area contributed by atoms with Gasteiger partial charge in [-0.3, -0.25) is 4.21 Å². The first-order valence-electron chi connectivity index (χ1n) is 5.49. The minimum atomic E-state index is -0.796. The fourth-order valence-electron chi connectivity index (χ4n) is 1.56. The molecule has 2 unspecified atom stereocenters. The molecule has 0 spiro atoms. The number of hydrogen-bond acceptors (Lipinski definition) is 2. The summed E-state index contributed by atoms with van der Waals surface area (Å²) in [4.78, 5) is 0. The van der Waals surface area contributed by atoms with Crippen LogP contribution in [0.5, 0.6) is 0 Å². The molecule has 0 aliphatic carbocycles. The maximum atomic E-state index is 13.4. The summed E-state index contributed by atoms with van der Waals surface area (Å²) in [5.74, 6) is -0.477. The summed E-state index contributed by atoms with van der Waals surface area (Å²) in [5, 5.41) is 3.12. The molecule has 1 aromatic carbocycles. The van der Waals surface area contributed by atoms with Gasteiger partial charge in [0, 0.05) is 40.5 Å². The summed E-state index contributed by atoms with van der Waals surface area (Å²) < 4.78 is 37.0. The van der Waals surface area contributed by atoms with Gasteiger partial charge in [-0.05, 0) is 26.0 Å². The topological polar surface area (TPSA) is 29.1 Å². The monoisotopic (exact) mass is 261 g/mol. The maximum absolute atomic E-state index is 13.4. The van der Waals surface area contributed by atoms with Crippen LogP contribution in [0.1, 0.15) is 24.9 Å². The van der Waals surface area contributed by atoms with Crippen molar-refractivity contribution in [3.05, 3.63) is 35.4 Å². The molecule has 96 valence electrons. The van der Waals surface area contributed by atoms with Crippen molar-refractivity contribution in [3.63, 3.8) is 0 Å². The average Bonchev–Trinajstić information content (AvgIpc) is 2.23. The predicted octanol–water partition coefficient (Wildman–Crippen LogP) is 2.38. The van der Waals surface area contributed by atoms with Gasteiger partial charge in [0.1, 0.15) is 11.6 Å². The van der Waals surface area contributed by atoms with Crippen LogP contribution in [-0.4, -0.2) is 22.8 Å². The van der Waals surface area contributed by atoms with Crippen LogP contribution in [0.4, 0.5) is 8.78 Å². The lowest BCUT2D eigenvalue weighted by molar-refractivity contribution is 0.517. The highest BCUT2D eigenvalue weighted by atomic mass is 32.2. The third-order valence-corrected chi connectivity index (χ3v) is 3.35. The SMILES string of the molecule is CC(NCCCS(C)=O)c1ccc(F)cc1F. The second-order valence-electron chi connectivity index (χ2n) is 3.97. The molecule has 0 saturated carbocycles. The Balaban J connectivity index is 2.46. The van der Waals surface area contributed by atoms with Gasteiger partial charge >= 0.3 is 0 Å². The molecule has 1 N–H and O–H groups in total. The lowest BCUT2D eigenvalue weighted by Crippen LogP contribution is -2.22. The second-order valence-corrected chi connectivity index (χ2v) is 5.53. The summed E-state index contributed by atoms with van der Waals surface area (Å²) in [6.45, 7) is 2.48. The quantitative estimate of drug-likeness (QED) is 0.797. The van der Waals surface area contributed by atoms with Gasteiger partial charge in [-0.15, -0.1) is 0 Å². The summed E-state index contributed by atoms with van der Waals surface area (Å²) in [6, 6.07) is 3.40. The van der Waals surface area contributed by atoms with Crippen LogP contribution >= 0.6 is 0 Å². The number of hydrogen-bond donors (Lipinski definition) is 1. The highest BCUT2D eigenvalue weighted by molar-refractivity contribution is 7.84. The lowest BCUT2D eigenvalue weighted by atomic mass is 10.1. The van der Waals surface area contributed by atoms with Gasteiger partial charge in [-0.2, -0.15) is 0 Å². The van der Waals surface area contributed by atoms with E-state index in [0.29, 0.717) is 17.9 Å². The largest absolute Gasteiger partial charge is 0.310 e. The molecule has 1 rings (SSSR count). The van der Waals surface area contributed by atoms with Crippen molar-refractivity contribution in [2.45, 2.75) is 19.4 Å². The van der Waals surface area contributed by atoms with Crippen molar-refractivity contribution >= 4 is 10.8 Å². The molecule has 2 nitrogen and oxygen atoms in total. The molecular weight excluding hydrogens is 244 g/mol. The molecule has 0 fully saturated rings. The number of nitrogens with one attached hydrogen (secondary N) is 1. The van der Waals surface area contributed by atoms with Gasteiger partial charge < -0.3 is 5.32 Å². The van der Waals surface area contributed by atoms with Gasteiger partial charge in [0.15, 0.2) is 0 Å². The number of benzene rings is 1. The van der Waals surface area contributed by atoms with Crippen LogP contribution in [0, 0.1) is 11.6 Å². The van der Waals surface area contributed by atoms with E-state index in [0.717, 1.165) is 12.5 Å². The van der Waals surface area contributed by atoms with Crippen LogP contribution in [0.25, 0.3) is 0 Å². The van der Waals surface area contributed by atoms with Gasteiger partial charge in [0.05, 0.1) is 0 Å². The molecule has 0 saturated heterocycles. The minimum Gasteiger partial charge on any atom is -0.310 e. The summed E-state index contributed by atoms with van der Waals surface area (Å²) in [7, 11) is -0.796. The zero-order valence-electron chi connectivity index (χ0n) is 10.0. The predicted molar refractivity (Wildman–Crippen MR) is 66.3 cm³/mol. The van der Waals surface area contributed by atoms with E-state index in [1.807, 2.05) is 6.92 Å². The fourth-order valence-corrected chi connectivity index (χ4v) is 2.11. The third kappa shape index (κ3) is 4.91. The van der Waals surface area contributed by atoms with E-state index in [2.05, 4.69) is 5.32 Å². The van der Waals surface area contributed by atoms with E-state index in [-0.39, 0.29) is 6.04 Å². The van der Waals surface area contributed by atoms with Crippen LogP contribution < -0.4 is 5.32 Å². The smallest absolute Gasteiger partial charge is 0.130 e. The molecule has 5 heteroatoms. The first-order valence-corrected chi connectivity index (χ1v) is 7.22. The van der Waals surface area contributed by atoms with Crippen LogP contribution in [0.3, 0.4) is 0 Å². The Labute approximate surface area is 103 Å². The van der Waals surface area contributed by atoms with E-state index in [1.165, 1.54) is 12.1 Å². The third-order valence-electron chi connectivity index (χ3n) is 2.49. The normalized spacial score (nSPS) is 14.6. The van der Waals surface area contributed by atoms with Crippen LogP contribution in [0.15, 0.2) is 18.2 Å². The zero-order valence-corrected chi connectivity index (χ0v) is 10.8. The number of rotatable bonds is 6. The van der Waals surface area contributed by atoms with Crippen molar-refractivity contribution in [1.29, 1.82) is 0 Å².